The summed E-state index contributed by atoms with van der Waals surface area (Å²) in [5.41, 5.74) is 0. The molecular formula is C9H5Br7O. The molecular weight excluding hydrogens is 683 g/mol. The fourth-order valence-corrected chi connectivity index (χ4v) is 4.39. The molecule has 0 aliphatic heterocycles. The van der Waals surface area contributed by atoms with Gasteiger partial charge in [-0.05, 0) is 112 Å². The van der Waals surface area contributed by atoms with E-state index >= 15 is 0 Å². The summed E-state index contributed by atoms with van der Waals surface area (Å²) in [5, 5.41) is 0. The predicted octanol–water partition coefficient (Wildman–Crippen LogP) is 7.73. The maximum Gasteiger partial charge on any atom is 0.217 e. The van der Waals surface area contributed by atoms with Gasteiger partial charge in [-0.3, -0.25) is 0 Å². The van der Waals surface area contributed by atoms with Crippen LogP contribution in [0.5, 0.6) is 5.75 Å². The number of benzene rings is 1. The molecule has 0 unspecified atom stereocenters. The Bertz CT molecular complexity index is 414. The maximum absolute atomic E-state index is 5.89. The van der Waals surface area contributed by atoms with Crippen LogP contribution in [0, 0.1) is 0 Å². The summed E-state index contributed by atoms with van der Waals surface area (Å²) >= 11 is 24.4. The molecule has 1 rings (SSSR count). The van der Waals surface area contributed by atoms with Crippen LogP contribution in [0.2, 0.25) is 0 Å². The van der Waals surface area contributed by atoms with E-state index < -0.39 is 3.42 Å². The topological polar surface area (TPSA) is 9.23 Å². The van der Waals surface area contributed by atoms with Crippen LogP contribution in [0.1, 0.15) is 13.3 Å². The van der Waals surface area contributed by atoms with Crippen LogP contribution in [0.25, 0.3) is 0 Å². The van der Waals surface area contributed by atoms with Gasteiger partial charge in [0.2, 0.25) is 3.42 Å². The van der Waals surface area contributed by atoms with Crippen molar-refractivity contribution in [2.24, 2.45) is 0 Å². The van der Waals surface area contributed by atoms with E-state index in [0.717, 1.165) is 28.8 Å². The average molecular weight is 688 g/mol. The lowest BCUT2D eigenvalue weighted by Gasteiger charge is -2.23. The third-order valence-corrected chi connectivity index (χ3v) is 9.30. The van der Waals surface area contributed by atoms with Crippen LogP contribution >= 0.6 is 112 Å². The van der Waals surface area contributed by atoms with Crippen LogP contribution in [0.4, 0.5) is 0 Å². The van der Waals surface area contributed by atoms with Gasteiger partial charge in [-0.25, -0.2) is 0 Å². The molecule has 0 fully saturated rings. The van der Waals surface area contributed by atoms with Crippen molar-refractivity contribution in [3.8, 4) is 5.75 Å². The van der Waals surface area contributed by atoms with E-state index in [1.807, 2.05) is 6.92 Å². The van der Waals surface area contributed by atoms with E-state index in [9.17, 15) is 0 Å². The average Bonchev–Trinajstić information content (AvgIpc) is 2.30. The van der Waals surface area contributed by atoms with Crippen LogP contribution in [0.15, 0.2) is 22.4 Å². The standard InChI is InChI=1S/C9H5Br7O/c1-2-9(15,16)17-8-6(13)4(11)3(10)5(12)7(8)14/h2H2,1H3. The minimum atomic E-state index is -0.586. The van der Waals surface area contributed by atoms with Crippen molar-refractivity contribution >= 4 is 112 Å². The third-order valence-electron chi connectivity index (χ3n) is 1.83. The van der Waals surface area contributed by atoms with Gasteiger partial charge in [-0.15, -0.1) is 0 Å². The first-order chi connectivity index (χ1) is 7.71. The monoisotopic (exact) mass is 681 g/mol. The number of hydrogen-bond donors (Lipinski definition) is 0. The Kier molecular flexibility index (Phi) is 7.07. The normalized spacial score (nSPS) is 11.8. The zero-order valence-corrected chi connectivity index (χ0v) is 19.4. The molecule has 0 saturated carbocycles. The number of halogens is 7. The molecule has 0 spiro atoms. The van der Waals surface area contributed by atoms with E-state index in [-0.39, 0.29) is 0 Å². The van der Waals surface area contributed by atoms with Crippen molar-refractivity contribution < 1.29 is 4.74 Å². The zero-order chi connectivity index (χ0) is 13.4. The van der Waals surface area contributed by atoms with Gasteiger partial charge in [0.1, 0.15) is 0 Å². The molecule has 0 aliphatic carbocycles. The first kappa shape index (κ1) is 17.4. The molecule has 1 aromatic carbocycles. The van der Waals surface area contributed by atoms with Crippen molar-refractivity contribution in [3.63, 3.8) is 0 Å². The minimum absolute atomic E-state index is 0.586. The lowest BCUT2D eigenvalue weighted by molar-refractivity contribution is 0.262. The maximum atomic E-state index is 5.89. The Morgan fingerprint density at radius 3 is 1.53 bits per heavy atom. The lowest BCUT2D eigenvalue weighted by atomic mass is 10.3. The minimum Gasteiger partial charge on any atom is -0.464 e. The van der Waals surface area contributed by atoms with E-state index in [1.54, 1.807) is 0 Å². The van der Waals surface area contributed by atoms with Crippen LogP contribution in [-0.2, 0) is 0 Å². The Morgan fingerprint density at radius 2 is 1.18 bits per heavy atom. The Hall–Kier alpha value is 2.38. The van der Waals surface area contributed by atoms with E-state index in [0.29, 0.717) is 5.75 Å². The van der Waals surface area contributed by atoms with Crippen molar-refractivity contribution in [2.75, 3.05) is 0 Å². The zero-order valence-electron chi connectivity index (χ0n) is 8.26. The smallest absolute Gasteiger partial charge is 0.217 e. The van der Waals surface area contributed by atoms with Gasteiger partial charge in [0, 0.05) is 10.9 Å². The molecule has 1 nitrogen and oxygen atoms in total. The summed E-state index contributed by atoms with van der Waals surface area (Å²) in [7, 11) is 0. The summed E-state index contributed by atoms with van der Waals surface area (Å²) in [6, 6.07) is 0. The molecule has 0 amide bonds. The molecule has 0 radical (unpaired) electrons. The largest absolute Gasteiger partial charge is 0.464 e. The SMILES string of the molecule is CCC(Br)(Br)Oc1c(Br)c(Br)c(Br)c(Br)c1Br. The van der Waals surface area contributed by atoms with Crippen molar-refractivity contribution in [3.05, 3.63) is 22.4 Å². The van der Waals surface area contributed by atoms with E-state index in [2.05, 4.69) is 112 Å². The molecule has 0 heterocycles. The number of hydrogen-bond acceptors (Lipinski definition) is 1. The highest BCUT2D eigenvalue weighted by Crippen LogP contribution is 2.50. The molecule has 1 aromatic rings. The van der Waals surface area contributed by atoms with E-state index in [1.165, 1.54) is 0 Å². The lowest BCUT2D eigenvalue weighted by Crippen LogP contribution is -2.19. The second-order valence-corrected chi connectivity index (χ2v) is 10.6. The summed E-state index contributed by atoms with van der Waals surface area (Å²) in [5.74, 6) is 0.697. The van der Waals surface area contributed by atoms with Crippen LogP contribution in [-0.4, -0.2) is 3.42 Å². The highest BCUT2D eigenvalue weighted by atomic mass is 79.9. The highest BCUT2D eigenvalue weighted by molar-refractivity contribution is 9.25. The first-order valence-electron chi connectivity index (χ1n) is 4.29. The highest BCUT2D eigenvalue weighted by Gasteiger charge is 2.27. The van der Waals surface area contributed by atoms with Gasteiger partial charge < -0.3 is 4.74 Å². The van der Waals surface area contributed by atoms with Gasteiger partial charge in [0.15, 0.2) is 5.75 Å². The molecule has 0 aromatic heterocycles. The number of ether oxygens (including phenoxy) is 1. The fraction of sp³-hybridized carbons (Fsp3) is 0.333. The molecule has 96 valence electrons. The van der Waals surface area contributed by atoms with E-state index in [4.69, 9.17) is 4.74 Å². The summed E-state index contributed by atoms with van der Waals surface area (Å²) < 4.78 is 9.64. The van der Waals surface area contributed by atoms with Gasteiger partial charge in [-0.2, -0.15) is 0 Å². The summed E-state index contributed by atoms with van der Waals surface area (Å²) in [6.07, 6.45) is 0.761. The molecule has 0 bridgehead atoms. The summed E-state index contributed by atoms with van der Waals surface area (Å²) in [6.45, 7) is 2.01. The van der Waals surface area contributed by atoms with Crippen LogP contribution in [0.3, 0.4) is 0 Å². The second kappa shape index (κ2) is 6.89. The van der Waals surface area contributed by atoms with Crippen molar-refractivity contribution in [1.82, 2.24) is 0 Å². The molecule has 0 atom stereocenters. The Labute approximate surface area is 159 Å². The number of alkyl halides is 2. The van der Waals surface area contributed by atoms with Gasteiger partial charge in [0.05, 0.1) is 17.9 Å². The van der Waals surface area contributed by atoms with Gasteiger partial charge in [0.25, 0.3) is 0 Å². The predicted molar refractivity (Wildman–Crippen MR) is 96.4 cm³/mol. The van der Waals surface area contributed by atoms with Crippen molar-refractivity contribution in [1.29, 1.82) is 0 Å². The first-order valence-corrected chi connectivity index (χ1v) is 9.84. The van der Waals surface area contributed by atoms with Gasteiger partial charge >= 0.3 is 0 Å². The number of rotatable bonds is 3. The third kappa shape index (κ3) is 4.17. The molecule has 0 N–H and O–H groups in total. The molecule has 0 saturated heterocycles. The van der Waals surface area contributed by atoms with Crippen molar-refractivity contribution in [2.45, 2.75) is 16.8 Å². The Balaban J connectivity index is 3.35. The fourth-order valence-electron chi connectivity index (χ4n) is 0.896. The summed E-state index contributed by atoms with van der Waals surface area (Å²) in [4.78, 5) is 0. The molecule has 8 heteroatoms. The van der Waals surface area contributed by atoms with Gasteiger partial charge in [-0.1, -0.05) is 6.92 Å². The quantitative estimate of drug-likeness (QED) is 0.180. The molecule has 0 aliphatic rings. The molecule has 17 heavy (non-hydrogen) atoms. The second-order valence-electron chi connectivity index (χ2n) is 2.99. The Morgan fingerprint density at radius 1 is 0.824 bits per heavy atom. The van der Waals surface area contributed by atoms with Crippen LogP contribution < -0.4 is 4.74 Å².